The van der Waals surface area contributed by atoms with Crippen LogP contribution >= 0.6 is 0 Å². The zero-order valence-corrected chi connectivity index (χ0v) is 12.1. The van der Waals surface area contributed by atoms with Crippen LogP contribution in [0.4, 0.5) is 0 Å². The first-order valence-corrected chi connectivity index (χ1v) is 7.37. The fourth-order valence-corrected chi connectivity index (χ4v) is 3.97. The maximum atomic E-state index is 12.1. The number of aryl methyl sites for hydroxylation is 1. The monoisotopic (exact) mass is 310 g/mol. The summed E-state index contributed by atoms with van der Waals surface area (Å²) in [5.74, 6) is -0.399. The normalized spacial score (nSPS) is 37.9. The van der Waals surface area contributed by atoms with Crippen LogP contribution in [0.3, 0.4) is 0 Å². The van der Waals surface area contributed by atoms with Gasteiger partial charge < -0.3 is 19.7 Å². The molecule has 120 valence electrons. The van der Waals surface area contributed by atoms with E-state index in [2.05, 4.69) is 4.98 Å². The number of aromatic nitrogens is 2. The van der Waals surface area contributed by atoms with E-state index in [-0.39, 0.29) is 13.2 Å². The van der Waals surface area contributed by atoms with E-state index in [0.29, 0.717) is 5.56 Å². The molecule has 1 aromatic rings. The van der Waals surface area contributed by atoms with Gasteiger partial charge >= 0.3 is 5.69 Å². The molecule has 4 atom stereocenters. The Morgan fingerprint density at radius 3 is 2.68 bits per heavy atom. The van der Waals surface area contributed by atoms with E-state index >= 15 is 0 Å². The molecule has 0 aromatic carbocycles. The van der Waals surface area contributed by atoms with E-state index in [4.69, 9.17) is 9.47 Å². The minimum Gasteiger partial charge on any atom is -0.396 e. The molecule has 3 N–H and O–H groups in total. The molecular weight excluding hydrogens is 292 g/mol. The second-order valence-electron chi connectivity index (χ2n) is 6.40. The molecule has 1 spiro atoms. The lowest BCUT2D eigenvalue weighted by Gasteiger charge is -2.37. The van der Waals surface area contributed by atoms with Gasteiger partial charge in [-0.05, 0) is 19.8 Å². The molecule has 1 aromatic heterocycles. The van der Waals surface area contributed by atoms with Gasteiger partial charge in [-0.25, -0.2) is 4.79 Å². The van der Waals surface area contributed by atoms with Crippen LogP contribution in [-0.2, 0) is 9.47 Å². The molecule has 8 nitrogen and oxygen atoms in total. The van der Waals surface area contributed by atoms with Gasteiger partial charge in [-0.15, -0.1) is 0 Å². The molecule has 0 amide bonds. The molecule has 1 saturated carbocycles. The third-order valence-electron chi connectivity index (χ3n) is 5.30. The number of H-pyrrole nitrogens is 1. The Morgan fingerprint density at radius 2 is 2.09 bits per heavy atom. The van der Waals surface area contributed by atoms with Crippen molar-refractivity contribution in [2.75, 3.05) is 13.2 Å². The molecule has 8 heteroatoms. The van der Waals surface area contributed by atoms with Crippen molar-refractivity contribution in [2.24, 2.45) is 5.92 Å². The highest BCUT2D eigenvalue weighted by Gasteiger charge is 2.77. The van der Waals surface area contributed by atoms with Crippen molar-refractivity contribution in [1.82, 2.24) is 9.55 Å². The zero-order chi connectivity index (χ0) is 15.7. The number of aliphatic hydroxyl groups excluding tert-OH is 2. The summed E-state index contributed by atoms with van der Waals surface area (Å²) in [5, 5.41) is 19.6. The third kappa shape index (κ3) is 1.50. The summed E-state index contributed by atoms with van der Waals surface area (Å²) < 4.78 is 13.4. The van der Waals surface area contributed by atoms with Gasteiger partial charge in [-0.2, -0.15) is 0 Å². The van der Waals surface area contributed by atoms with Crippen LogP contribution in [0.25, 0.3) is 0 Å². The molecule has 2 unspecified atom stereocenters. The largest absolute Gasteiger partial charge is 0.396 e. The minimum absolute atomic E-state index is 0.194. The summed E-state index contributed by atoms with van der Waals surface area (Å²) >= 11 is 0. The van der Waals surface area contributed by atoms with Crippen LogP contribution in [0, 0.1) is 12.8 Å². The van der Waals surface area contributed by atoms with Crippen molar-refractivity contribution in [3.63, 3.8) is 0 Å². The number of nitrogens with one attached hydrogen (secondary N) is 1. The molecule has 4 rings (SSSR count). The van der Waals surface area contributed by atoms with Crippen LogP contribution in [0.15, 0.2) is 15.8 Å². The van der Waals surface area contributed by atoms with Crippen LogP contribution in [0.2, 0.25) is 0 Å². The van der Waals surface area contributed by atoms with Gasteiger partial charge in [0.25, 0.3) is 5.56 Å². The van der Waals surface area contributed by atoms with E-state index in [1.807, 2.05) is 0 Å². The number of ether oxygens (including phenoxy) is 2. The molecule has 1 aliphatic carbocycles. The van der Waals surface area contributed by atoms with Crippen molar-refractivity contribution in [1.29, 1.82) is 0 Å². The van der Waals surface area contributed by atoms with Gasteiger partial charge in [0.2, 0.25) is 0 Å². The Balaban J connectivity index is 1.80. The molecule has 22 heavy (non-hydrogen) atoms. The van der Waals surface area contributed by atoms with Crippen LogP contribution in [0.5, 0.6) is 0 Å². The lowest BCUT2D eigenvalue weighted by molar-refractivity contribution is -0.235. The summed E-state index contributed by atoms with van der Waals surface area (Å²) in [7, 11) is 0. The van der Waals surface area contributed by atoms with Crippen LogP contribution < -0.4 is 11.2 Å². The van der Waals surface area contributed by atoms with Gasteiger partial charge in [0.15, 0.2) is 6.23 Å². The van der Waals surface area contributed by atoms with Crippen molar-refractivity contribution >= 4 is 0 Å². The van der Waals surface area contributed by atoms with Crippen molar-refractivity contribution in [3.05, 3.63) is 32.6 Å². The first-order chi connectivity index (χ1) is 10.5. The van der Waals surface area contributed by atoms with Crippen molar-refractivity contribution in [2.45, 2.75) is 43.3 Å². The number of aromatic amines is 1. The average molecular weight is 310 g/mol. The second-order valence-corrected chi connectivity index (χ2v) is 6.40. The van der Waals surface area contributed by atoms with E-state index < -0.39 is 40.7 Å². The smallest absolute Gasteiger partial charge is 0.330 e. The number of hydrogen-bond donors (Lipinski definition) is 3. The third-order valence-corrected chi connectivity index (χ3v) is 5.30. The number of fused-ring (bicyclic) bond motifs is 3. The Labute approximate surface area is 125 Å². The van der Waals surface area contributed by atoms with E-state index in [0.717, 1.165) is 12.8 Å². The molecule has 3 heterocycles. The van der Waals surface area contributed by atoms with E-state index in [9.17, 15) is 19.8 Å². The van der Waals surface area contributed by atoms with Crippen LogP contribution in [-0.4, -0.2) is 50.3 Å². The predicted octanol–water partition coefficient (Wildman–Crippen LogP) is -1.36. The predicted molar refractivity (Wildman–Crippen MR) is 73.4 cm³/mol. The highest BCUT2D eigenvalue weighted by Crippen LogP contribution is 2.66. The summed E-state index contributed by atoms with van der Waals surface area (Å²) in [6, 6.07) is 0. The van der Waals surface area contributed by atoms with E-state index in [1.165, 1.54) is 10.8 Å². The molecule has 2 saturated heterocycles. The number of rotatable bonds is 3. The van der Waals surface area contributed by atoms with Crippen LogP contribution in [0.1, 0.15) is 24.6 Å². The van der Waals surface area contributed by atoms with Gasteiger partial charge in [-0.1, -0.05) is 0 Å². The Bertz CT molecular complexity index is 736. The fraction of sp³-hybridized carbons (Fsp3) is 0.714. The fourth-order valence-electron chi connectivity index (χ4n) is 3.97. The highest BCUT2D eigenvalue weighted by atomic mass is 16.7. The lowest BCUT2D eigenvalue weighted by atomic mass is 9.84. The summed E-state index contributed by atoms with van der Waals surface area (Å²) in [5.41, 5.74) is -2.19. The Kier molecular flexibility index (Phi) is 2.75. The molecular formula is C14H18N2O6. The maximum Gasteiger partial charge on any atom is 0.330 e. The molecule has 3 fully saturated rings. The summed E-state index contributed by atoms with van der Waals surface area (Å²) in [4.78, 5) is 25.8. The molecule has 0 radical (unpaired) electrons. The number of hydrogen-bond acceptors (Lipinski definition) is 6. The van der Waals surface area contributed by atoms with Crippen molar-refractivity contribution < 1.29 is 19.7 Å². The first kappa shape index (κ1) is 14.1. The number of nitrogens with zero attached hydrogens (tertiary/aromatic N) is 1. The average Bonchev–Trinajstić information content (AvgIpc) is 3.12. The Morgan fingerprint density at radius 1 is 1.36 bits per heavy atom. The summed E-state index contributed by atoms with van der Waals surface area (Å²) in [6.45, 7) is 1.12. The highest BCUT2D eigenvalue weighted by molar-refractivity contribution is 5.25. The number of aliphatic hydroxyl groups is 2. The maximum absolute atomic E-state index is 12.1. The Hall–Kier alpha value is -1.48. The van der Waals surface area contributed by atoms with Gasteiger partial charge in [0.1, 0.15) is 17.3 Å². The topological polar surface area (TPSA) is 114 Å². The quantitative estimate of drug-likeness (QED) is 0.636. The van der Waals surface area contributed by atoms with Gasteiger partial charge in [-0.3, -0.25) is 14.3 Å². The zero-order valence-electron chi connectivity index (χ0n) is 12.1. The SMILES string of the molecule is Cc1cn([C@@H]2O[C@]3(CO)C(CO)C2OC32CC2)c(=O)[nH]c1=O. The van der Waals surface area contributed by atoms with Gasteiger partial charge in [0.05, 0.1) is 13.2 Å². The van der Waals surface area contributed by atoms with Crippen molar-refractivity contribution in [3.8, 4) is 0 Å². The van der Waals surface area contributed by atoms with E-state index in [1.54, 1.807) is 6.92 Å². The lowest BCUT2D eigenvalue weighted by Crippen LogP contribution is -2.52. The standard InChI is InChI=1S/C14H18N2O6/c1-7-4-16(12(20)15-10(7)19)11-9-8(5-17)14(6-18,22-11)13(21-9)2-3-13/h4,8-9,11,17-18H,2-3,5-6H2,1H3,(H,15,19,20)/t8?,9?,11-,14-/m1/s1. The second kappa shape index (κ2) is 4.29. The molecule has 2 aliphatic heterocycles. The molecule has 2 bridgehead atoms. The minimum atomic E-state index is -0.986. The molecule has 3 aliphatic rings. The first-order valence-electron chi connectivity index (χ1n) is 7.37. The van der Waals surface area contributed by atoms with Gasteiger partial charge in [0, 0.05) is 17.7 Å². The summed E-state index contributed by atoms with van der Waals surface area (Å²) in [6.07, 6.45) is 1.68.